The topological polar surface area (TPSA) is 98.1 Å². The van der Waals surface area contributed by atoms with E-state index in [1.165, 1.54) is 28.9 Å². The molecule has 4 aromatic rings. The molecule has 208 valence electrons. The summed E-state index contributed by atoms with van der Waals surface area (Å²) in [7, 11) is 0. The number of hydrogen-bond donors (Lipinski definition) is 2. The SMILES string of the molecule is O=C(NCC(F)(F)F)c1ccc(-n2nnc(C(=O)NCc3cc(F)ccc3F)c2COCc2ccccc2)cc1. The number of carbonyl (C=O) groups is 2. The molecule has 13 heteroatoms. The van der Waals surface area contributed by atoms with E-state index in [4.69, 9.17) is 4.74 Å². The average Bonchev–Trinajstić information content (AvgIpc) is 3.36. The molecule has 0 radical (unpaired) electrons. The highest BCUT2D eigenvalue weighted by atomic mass is 19.4. The number of benzene rings is 3. The molecule has 1 heterocycles. The van der Waals surface area contributed by atoms with E-state index in [2.05, 4.69) is 15.6 Å². The molecule has 3 aromatic carbocycles. The Morgan fingerprint density at radius 3 is 2.30 bits per heavy atom. The van der Waals surface area contributed by atoms with Crippen molar-refractivity contribution >= 4 is 11.8 Å². The van der Waals surface area contributed by atoms with Crippen molar-refractivity contribution in [2.45, 2.75) is 25.9 Å². The van der Waals surface area contributed by atoms with Gasteiger partial charge < -0.3 is 15.4 Å². The number of rotatable bonds is 10. The number of alkyl halides is 3. The minimum absolute atomic E-state index is 0.0231. The first kappa shape index (κ1) is 28.4. The molecule has 4 rings (SSSR count). The summed E-state index contributed by atoms with van der Waals surface area (Å²) in [6.45, 7) is -1.73. The standard InChI is InChI=1S/C27H22F5N5O3/c28-20-8-11-22(29)19(12-20)13-33-26(39)24-23(15-40-14-17-4-2-1-3-5-17)37(36-35-24)21-9-6-18(7-10-21)25(38)34-16-27(30,31)32/h1-12H,13-16H2,(H,33,39)(H,34,38). The molecular weight excluding hydrogens is 537 g/mol. The lowest BCUT2D eigenvalue weighted by molar-refractivity contribution is -0.123. The molecule has 0 aliphatic heterocycles. The van der Waals surface area contributed by atoms with Gasteiger partial charge in [0.25, 0.3) is 11.8 Å². The van der Waals surface area contributed by atoms with E-state index >= 15 is 0 Å². The molecule has 0 unspecified atom stereocenters. The molecule has 0 atom stereocenters. The fraction of sp³-hybridized carbons (Fsp3) is 0.185. The van der Waals surface area contributed by atoms with E-state index in [9.17, 15) is 31.5 Å². The van der Waals surface area contributed by atoms with Gasteiger partial charge in [-0.15, -0.1) is 5.10 Å². The summed E-state index contributed by atoms with van der Waals surface area (Å²) in [6.07, 6.45) is -4.55. The molecule has 0 fully saturated rings. The van der Waals surface area contributed by atoms with Gasteiger partial charge in [0.15, 0.2) is 5.69 Å². The van der Waals surface area contributed by atoms with Crippen LogP contribution in [0.3, 0.4) is 0 Å². The van der Waals surface area contributed by atoms with Crippen LogP contribution in [-0.2, 0) is 24.5 Å². The largest absolute Gasteiger partial charge is 0.405 e. The number of carbonyl (C=O) groups excluding carboxylic acids is 2. The Bertz CT molecular complexity index is 1470. The first-order valence-corrected chi connectivity index (χ1v) is 11.8. The number of ether oxygens (including phenoxy) is 1. The fourth-order valence-corrected chi connectivity index (χ4v) is 3.63. The third-order valence-electron chi connectivity index (χ3n) is 5.60. The first-order valence-electron chi connectivity index (χ1n) is 11.8. The second-order valence-corrected chi connectivity index (χ2v) is 8.54. The molecule has 1 aromatic heterocycles. The van der Waals surface area contributed by atoms with Crippen LogP contribution in [0, 0.1) is 11.6 Å². The zero-order valence-corrected chi connectivity index (χ0v) is 20.7. The maximum atomic E-state index is 14.0. The Balaban J connectivity index is 1.55. The number of nitrogens with one attached hydrogen (secondary N) is 2. The molecule has 2 N–H and O–H groups in total. The van der Waals surface area contributed by atoms with Crippen LogP contribution in [-0.4, -0.2) is 39.5 Å². The van der Waals surface area contributed by atoms with Crippen LogP contribution in [0.25, 0.3) is 5.69 Å². The molecule has 2 amide bonds. The zero-order valence-electron chi connectivity index (χ0n) is 20.7. The Labute approximate surface area is 224 Å². The van der Waals surface area contributed by atoms with Gasteiger partial charge in [-0.05, 0) is 48.0 Å². The summed E-state index contributed by atoms with van der Waals surface area (Å²) in [4.78, 5) is 25.0. The monoisotopic (exact) mass is 559 g/mol. The van der Waals surface area contributed by atoms with Gasteiger partial charge in [0, 0.05) is 17.7 Å². The van der Waals surface area contributed by atoms with Gasteiger partial charge in [0.05, 0.1) is 18.9 Å². The second-order valence-electron chi connectivity index (χ2n) is 8.54. The quantitative estimate of drug-likeness (QED) is 0.279. The highest BCUT2D eigenvalue weighted by Crippen LogP contribution is 2.18. The third kappa shape index (κ3) is 7.47. The summed E-state index contributed by atoms with van der Waals surface area (Å²) in [5, 5.41) is 12.2. The molecular formula is C27H22F5N5O3. The van der Waals surface area contributed by atoms with Crippen molar-refractivity contribution in [3.8, 4) is 5.69 Å². The maximum Gasteiger partial charge on any atom is 0.405 e. The van der Waals surface area contributed by atoms with E-state index < -0.39 is 36.2 Å². The van der Waals surface area contributed by atoms with Crippen molar-refractivity contribution in [2.24, 2.45) is 0 Å². The van der Waals surface area contributed by atoms with Crippen molar-refractivity contribution in [1.82, 2.24) is 25.6 Å². The van der Waals surface area contributed by atoms with Crippen molar-refractivity contribution < 1.29 is 36.3 Å². The zero-order chi connectivity index (χ0) is 28.7. The molecule has 0 spiro atoms. The summed E-state index contributed by atoms with van der Waals surface area (Å²) in [5.74, 6) is -3.01. The molecule has 0 bridgehead atoms. The van der Waals surface area contributed by atoms with Crippen molar-refractivity contribution in [3.05, 3.63) is 113 Å². The van der Waals surface area contributed by atoms with E-state index in [1.54, 1.807) is 5.32 Å². The van der Waals surface area contributed by atoms with E-state index in [0.717, 1.165) is 23.8 Å². The molecule has 0 saturated carbocycles. The Morgan fingerprint density at radius 2 is 1.60 bits per heavy atom. The van der Waals surface area contributed by atoms with Crippen molar-refractivity contribution in [2.75, 3.05) is 6.54 Å². The third-order valence-corrected chi connectivity index (χ3v) is 5.60. The highest BCUT2D eigenvalue weighted by Gasteiger charge is 2.28. The molecule has 8 nitrogen and oxygen atoms in total. The molecule has 0 saturated heterocycles. The van der Waals surface area contributed by atoms with E-state index in [-0.39, 0.29) is 42.3 Å². The van der Waals surface area contributed by atoms with E-state index in [0.29, 0.717) is 5.69 Å². The summed E-state index contributed by atoms with van der Waals surface area (Å²) in [6, 6.07) is 17.5. The van der Waals surface area contributed by atoms with E-state index in [1.807, 2.05) is 30.3 Å². The number of halogens is 5. The van der Waals surface area contributed by atoms with Crippen LogP contribution in [0.15, 0.2) is 72.8 Å². The lowest BCUT2D eigenvalue weighted by atomic mass is 10.2. The maximum absolute atomic E-state index is 14.0. The lowest BCUT2D eigenvalue weighted by Crippen LogP contribution is -2.33. The number of amides is 2. The normalized spacial score (nSPS) is 11.3. The Morgan fingerprint density at radius 1 is 0.875 bits per heavy atom. The van der Waals surface area contributed by atoms with Crippen LogP contribution in [0.4, 0.5) is 22.0 Å². The van der Waals surface area contributed by atoms with Gasteiger partial charge in [-0.3, -0.25) is 9.59 Å². The summed E-state index contributed by atoms with van der Waals surface area (Å²) >= 11 is 0. The lowest BCUT2D eigenvalue weighted by Gasteiger charge is -2.11. The summed E-state index contributed by atoms with van der Waals surface area (Å²) < 4.78 is 71.8. The number of nitrogens with zero attached hydrogens (tertiary/aromatic N) is 3. The predicted molar refractivity (Wildman–Crippen MR) is 132 cm³/mol. The van der Waals surface area contributed by atoms with Gasteiger partial charge in [-0.2, -0.15) is 13.2 Å². The second kappa shape index (κ2) is 12.5. The van der Waals surface area contributed by atoms with Crippen LogP contribution in [0.5, 0.6) is 0 Å². The average molecular weight is 559 g/mol. The molecule has 0 aliphatic carbocycles. The minimum Gasteiger partial charge on any atom is -0.370 e. The van der Waals surface area contributed by atoms with Crippen LogP contribution in [0.1, 0.15) is 37.7 Å². The van der Waals surface area contributed by atoms with Crippen molar-refractivity contribution in [3.63, 3.8) is 0 Å². The smallest absolute Gasteiger partial charge is 0.370 e. The molecule has 0 aliphatic rings. The summed E-state index contributed by atoms with van der Waals surface area (Å²) in [5.41, 5.74) is 1.18. The van der Waals surface area contributed by atoms with Crippen LogP contribution < -0.4 is 10.6 Å². The fourth-order valence-electron chi connectivity index (χ4n) is 3.63. The van der Waals surface area contributed by atoms with Gasteiger partial charge >= 0.3 is 6.18 Å². The van der Waals surface area contributed by atoms with Gasteiger partial charge in [0.2, 0.25) is 0 Å². The predicted octanol–water partition coefficient (Wildman–Crippen LogP) is 4.48. The Kier molecular flexibility index (Phi) is 8.84. The van der Waals surface area contributed by atoms with Crippen LogP contribution >= 0.6 is 0 Å². The minimum atomic E-state index is -4.55. The number of hydrogen-bond acceptors (Lipinski definition) is 5. The Hall–Kier alpha value is -4.65. The highest BCUT2D eigenvalue weighted by molar-refractivity contribution is 5.94. The first-order chi connectivity index (χ1) is 19.1. The molecule has 40 heavy (non-hydrogen) atoms. The van der Waals surface area contributed by atoms with Gasteiger partial charge in [-0.25, -0.2) is 13.5 Å². The number of aromatic nitrogens is 3. The van der Waals surface area contributed by atoms with Gasteiger partial charge in [0.1, 0.15) is 23.9 Å². The van der Waals surface area contributed by atoms with Crippen LogP contribution in [0.2, 0.25) is 0 Å². The van der Waals surface area contributed by atoms with Gasteiger partial charge in [-0.1, -0.05) is 35.5 Å². The van der Waals surface area contributed by atoms with Crippen molar-refractivity contribution in [1.29, 1.82) is 0 Å².